The SMILES string of the molecule is COCCCn1c(C(C)(C)C)cnc1C1(O)CCCN(C(=O)OC(C)(C)C)C1. The van der Waals surface area contributed by atoms with Crippen molar-refractivity contribution in [3.05, 3.63) is 17.7 Å². The van der Waals surface area contributed by atoms with Crippen LogP contribution in [-0.2, 0) is 27.0 Å². The Hall–Kier alpha value is -1.60. The molecule has 1 aromatic heterocycles. The summed E-state index contributed by atoms with van der Waals surface area (Å²) in [4.78, 5) is 18.8. The minimum Gasteiger partial charge on any atom is -0.444 e. The summed E-state index contributed by atoms with van der Waals surface area (Å²) in [5.74, 6) is 0.627. The predicted molar refractivity (Wildman–Crippen MR) is 108 cm³/mol. The molecule has 1 aliphatic rings. The first kappa shape index (κ1) is 22.7. The Balaban J connectivity index is 2.31. The van der Waals surface area contributed by atoms with Crippen LogP contribution in [0.25, 0.3) is 0 Å². The van der Waals surface area contributed by atoms with Crippen molar-refractivity contribution in [1.82, 2.24) is 14.5 Å². The highest BCUT2D eigenvalue weighted by Gasteiger charge is 2.42. The molecule has 1 atom stereocenters. The molecule has 1 unspecified atom stereocenters. The number of rotatable bonds is 5. The van der Waals surface area contributed by atoms with Gasteiger partial charge in [0.2, 0.25) is 0 Å². The molecule has 28 heavy (non-hydrogen) atoms. The number of hydrogen-bond acceptors (Lipinski definition) is 5. The molecular formula is C21H37N3O4. The van der Waals surface area contributed by atoms with E-state index < -0.39 is 11.2 Å². The Labute approximate surface area is 169 Å². The second-order valence-corrected chi connectivity index (χ2v) is 9.75. The predicted octanol–water partition coefficient (Wildman–Crippen LogP) is 3.44. The summed E-state index contributed by atoms with van der Waals surface area (Å²) in [6.45, 7) is 14.1. The Bertz CT molecular complexity index is 672. The molecule has 0 radical (unpaired) electrons. The van der Waals surface area contributed by atoms with E-state index >= 15 is 0 Å². The third kappa shape index (κ3) is 5.47. The number of carbonyl (C=O) groups excluding carboxylic acids is 1. The first-order valence-electron chi connectivity index (χ1n) is 10.1. The molecule has 1 fully saturated rings. The van der Waals surface area contributed by atoms with Gasteiger partial charge in [-0.2, -0.15) is 0 Å². The van der Waals surface area contributed by atoms with Crippen LogP contribution in [0.15, 0.2) is 6.20 Å². The normalized spacial score (nSPS) is 21.1. The third-order valence-electron chi connectivity index (χ3n) is 4.89. The maximum atomic E-state index is 12.5. The lowest BCUT2D eigenvalue weighted by molar-refractivity contribution is -0.0535. The third-order valence-corrected chi connectivity index (χ3v) is 4.89. The molecule has 1 aliphatic heterocycles. The first-order chi connectivity index (χ1) is 12.9. The molecule has 160 valence electrons. The number of ether oxygens (including phenoxy) is 2. The number of piperidine rings is 1. The fourth-order valence-corrected chi connectivity index (χ4v) is 3.64. The van der Waals surface area contributed by atoms with E-state index in [1.807, 2.05) is 27.0 Å². The van der Waals surface area contributed by atoms with E-state index in [0.29, 0.717) is 38.4 Å². The average molecular weight is 396 g/mol. The van der Waals surface area contributed by atoms with Crippen molar-refractivity contribution in [3.63, 3.8) is 0 Å². The number of likely N-dealkylation sites (tertiary alicyclic amines) is 1. The van der Waals surface area contributed by atoms with Crippen molar-refractivity contribution >= 4 is 6.09 Å². The van der Waals surface area contributed by atoms with Gasteiger partial charge in [-0.25, -0.2) is 9.78 Å². The molecule has 0 saturated carbocycles. The molecule has 1 amide bonds. The van der Waals surface area contributed by atoms with Gasteiger partial charge in [0.1, 0.15) is 17.0 Å². The lowest BCUT2D eigenvalue weighted by Crippen LogP contribution is -2.51. The van der Waals surface area contributed by atoms with Crippen molar-refractivity contribution < 1.29 is 19.4 Å². The van der Waals surface area contributed by atoms with E-state index in [2.05, 4.69) is 30.3 Å². The summed E-state index contributed by atoms with van der Waals surface area (Å²) in [5.41, 5.74) is -0.786. The van der Waals surface area contributed by atoms with Crippen LogP contribution < -0.4 is 0 Å². The maximum Gasteiger partial charge on any atom is 0.410 e. The Morgan fingerprint density at radius 1 is 1.29 bits per heavy atom. The van der Waals surface area contributed by atoms with Gasteiger partial charge >= 0.3 is 6.09 Å². The highest BCUT2D eigenvalue weighted by atomic mass is 16.6. The van der Waals surface area contributed by atoms with Gasteiger partial charge in [-0.1, -0.05) is 20.8 Å². The molecule has 0 aliphatic carbocycles. The zero-order chi connectivity index (χ0) is 21.2. The number of aromatic nitrogens is 2. The summed E-state index contributed by atoms with van der Waals surface area (Å²) in [6.07, 6.45) is 3.56. The number of β-amino-alcohol motifs (C(OH)–C–C–N with tert-alkyl or cyclic N) is 1. The smallest absolute Gasteiger partial charge is 0.410 e. The van der Waals surface area contributed by atoms with Crippen molar-refractivity contribution in [1.29, 1.82) is 0 Å². The number of amides is 1. The van der Waals surface area contributed by atoms with Crippen LogP contribution >= 0.6 is 0 Å². The minimum absolute atomic E-state index is 0.103. The van der Waals surface area contributed by atoms with Gasteiger partial charge in [0, 0.05) is 44.1 Å². The van der Waals surface area contributed by atoms with Crippen LogP contribution in [0.2, 0.25) is 0 Å². The van der Waals surface area contributed by atoms with E-state index in [9.17, 15) is 9.90 Å². The van der Waals surface area contributed by atoms with E-state index in [4.69, 9.17) is 9.47 Å². The van der Waals surface area contributed by atoms with Gasteiger partial charge < -0.3 is 24.0 Å². The molecule has 1 aromatic rings. The van der Waals surface area contributed by atoms with Gasteiger partial charge in [0.15, 0.2) is 0 Å². The second kappa shape index (κ2) is 8.41. The summed E-state index contributed by atoms with van der Waals surface area (Å²) < 4.78 is 12.8. The molecule has 0 aromatic carbocycles. The monoisotopic (exact) mass is 395 g/mol. The first-order valence-corrected chi connectivity index (χ1v) is 10.1. The van der Waals surface area contributed by atoms with Gasteiger partial charge in [-0.05, 0) is 40.0 Å². The fourth-order valence-electron chi connectivity index (χ4n) is 3.64. The molecule has 1 saturated heterocycles. The Kier molecular flexibility index (Phi) is 6.82. The number of aliphatic hydroxyl groups is 1. The van der Waals surface area contributed by atoms with Crippen LogP contribution in [-0.4, -0.2) is 58.1 Å². The summed E-state index contributed by atoms with van der Waals surface area (Å²) in [5, 5.41) is 11.5. The second-order valence-electron chi connectivity index (χ2n) is 9.75. The topological polar surface area (TPSA) is 76.8 Å². The quantitative estimate of drug-likeness (QED) is 0.773. The standard InChI is InChI=1S/C21H37N3O4/c1-19(2,3)16-14-22-17(24(16)12-9-13-27-7)21(26)10-8-11-23(15-21)18(25)28-20(4,5)6/h14,26H,8-13,15H2,1-7H3. The van der Waals surface area contributed by atoms with Crippen LogP contribution in [0.4, 0.5) is 4.79 Å². The van der Waals surface area contributed by atoms with E-state index in [1.165, 1.54) is 0 Å². The Morgan fingerprint density at radius 2 is 1.96 bits per heavy atom. The van der Waals surface area contributed by atoms with Gasteiger partial charge in [-0.15, -0.1) is 0 Å². The zero-order valence-corrected chi connectivity index (χ0v) is 18.5. The van der Waals surface area contributed by atoms with Crippen molar-refractivity contribution in [2.24, 2.45) is 0 Å². The number of hydrogen-bond donors (Lipinski definition) is 1. The molecule has 0 bridgehead atoms. The van der Waals surface area contributed by atoms with Crippen LogP contribution in [0.1, 0.15) is 72.3 Å². The fraction of sp³-hybridized carbons (Fsp3) is 0.810. The van der Waals surface area contributed by atoms with E-state index in [-0.39, 0.29) is 18.1 Å². The van der Waals surface area contributed by atoms with Crippen molar-refractivity contribution in [2.75, 3.05) is 26.8 Å². The summed E-state index contributed by atoms with van der Waals surface area (Å²) >= 11 is 0. The molecule has 7 nitrogen and oxygen atoms in total. The minimum atomic E-state index is -1.19. The van der Waals surface area contributed by atoms with Crippen molar-refractivity contribution in [3.8, 4) is 0 Å². The summed E-state index contributed by atoms with van der Waals surface area (Å²) in [7, 11) is 1.69. The lowest BCUT2D eigenvalue weighted by atomic mass is 9.90. The number of methoxy groups -OCH3 is 1. The van der Waals surface area contributed by atoms with E-state index in [1.54, 1.807) is 12.0 Å². The average Bonchev–Trinajstić information content (AvgIpc) is 2.98. The van der Waals surface area contributed by atoms with Crippen LogP contribution in [0.3, 0.4) is 0 Å². The zero-order valence-electron chi connectivity index (χ0n) is 18.5. The molecule has 0 spiro atoms. The molecule has 2 rings (SSSR count). The van der Waals surface area contributed by atoms with Gasteiger partial charge in [-0.3, -0.25) is 0 Å². The number of nitrogens with zero attached hydrogens (tertiary/aromatic N) is 3. The lowest BCUT2D eigenvalue weighted by Gasteiger charge is -2.39. The van der Waals surface area contributed by atoms with Gasteiger partial charge in [0.25, 0.3) is 0 Å². The summed E-state index contributed by atoms with van der Waals surface area (Å²) in [6, 6.07) is 0. The number of imidazole rings is 1. The molecule has 1 N–H and O–H groups in total. The highest BCUT2D eigenvalue weighted by Crippen LogP contribution is 2.34. The molecular weight excluding hydrogens is 358 g/mol. The number of carbonyl (C=O) groups is 1. The molecule has 2 heterocycles. The van der Waals surface area contributed by atoms with E-state index in [0.717, 1.165) is 12.1 Å². The van der Waals surface area contributed by atoms with Crippen molar-refractivity contribution in [2.45, 2.75) is 84.0 Å². The highest BCUT2D eigenvalue weighted by molar-refractivity contribution is 5.68. The van der Waals surface area contributed by atoms with Crippen LogP contribution in [0.5, 0.6) is 0 Å². The Morgan fingerprint density at radius 3 is 2.54 bits per heavy atom. The molecule has 7 heteroatoms. The van der Waals surface area contributed by atoms with Gasteiger partial charge in [0.05, 0.1) is 6.54 Å². The van der Waals surface area contributed by atoms with Crippen LogP contribution in [0, 0.1) is 0 Å². The maximum absolute atomic E-state index is 12.5. The largest absolute Gasteiger partial charge is 0.444 e.